The van der Waals surface area contributed by atoms with E-state index in [0.29, 0.717) is 43.3 Å². The number of rotatable bonds is 4. The molecule has 1 aromatic carbocycles. The molecular formula is C19H21F2N5O. The molecular weight excluding hydrogens is 352 g/mol. The predicted molar refractivity (Wildman–Crippen MR) is 99.3 cm³/mol. The monoisotopic (exact) mass is 373 g/mol. The molecule has 2 N–H and O–H groups in total. The quantitative estimate of drug-likeness (QED) is 0.761. The summed E-state index contributed by atoms with van der Waals surface area (Å²) in [5.41, 5.74) is 8.03. The summed E-state index contributed by atoms with van der Waals surface area (Å²) in [6.07, 6.45) is 1.00. The number of methoxy groups -OCH3 is 1. The zero-order valence-corrected chi connectivity index (χ0v) is 15.0. The highest BCUT2D eigenvalue weighted by atomic mass is 19.1. The largest absolute Gasteiger partial charge is 0.497 e. The van der Waals surface area contributed by atoms with Crippen LogP contribution in [0.2, 0.25) is 0 Å². The lowest BCUT2D eigenvalue weighted by Crippen LogP contribution is -2.50. The summed E-state index contributed by atoms with van der Waals surface area (Å²) in [5.74, 6) is 0.997. The van der Waals surface area contributed by atoms with Gasteiger partial charge in [0.25, 0.3) is 0 Å². The minimum Gasteiger partial charge on any atom is -0.497 e. The van der Waals surface area contributed by atoms with Crippen molar-refractivity contribution in [3.63, 3.8) is 0 Å². The first-order valence-corrected chi connectivity index (χ1v) is 8.84. The molecule has 2 aromatic heterocycles. The van der Waals surface area contributed by atoms with Crippen LogP contribution in [-0.2, 0) is 6.54 Å². The summed E-state index contributed by atoms with van der Waals surface area (Å²) in [7, 11) is 1.60. The van der Waals surface area contributed by atoms with Gasteiger partial charge in [0.1, 0.15) is 17.7 Å². The van der Waals surface area contributed by atoms with Gasteiger partial charge in [-0.3, -0.25) is 4.98 Å². The van der Waals surface area contributed by atoms with E-state index < -0.39 is 12.2 Å². The van der Waals surface area contributed by atoms with Crippen LogP contribution >= 0.6 is 0 Å². The molecule has 1 fully saturated rings. The van der Waals surface area contributed by atoms with E-state index in [-0.39, 0.29) is 5.82 Å². The van der Waals surface area contributed by atoms with Gasteiger partial charge in [-0.05, 0) is 24.6 Å². The van der Waals surface area contributed by atoms with Crippen LogP contribution < -0.4 is 15.4 Å². The summed E-state index contributed by atoms with van der Waals surface area (Å²) in [5, 5.41) is 0. The first-order chi connectivity index (χ1) is 13.0. The van der Waals surface area contributed by atoms with Gasteiger partial charge in [0.05, 0.1) is 36.4 Å². The van der Waals surface area contributed by atoms with Gasteiger partial charge in [0.15, 0.2) is 0 Å². The molecule has 1 aliphatic heterocycles. The van der Waals surface area contributed by atoms with Crippen LogP contribution in [0.3, 0.4) is 0 Å². The number of ether oxygens (including phenoxy) is 1. The molecule has 4 rings (SSSR count). The number of hydrogen-bond acceptors (Lipinski definition) is 5. The molecule has 6 nitrogen and oxygen atoms in total. The number of piperidine rings is 1. The Morgan fingerprint density at radius 3 is 2.93 bits per heavy atom. The van der Waals surface area contributed by atoms with Gasteiger partial charge in [-0.15, -0.1) is 0 Å². The van der Waals surface area contributed by atoms with Crippen molar-refractivity contribution in [2.24, 2.45) is 5.73 Å². The Kier molecular flexibility index (Phi) is 4.65. The molecule has 2 atom stereocenters. The van der Waals surface area contributed by atoms with Crippen LogP contribution in [0.15, 0.2) is 36.5 Å². The third-order valence-corrected chi connectivity index (χ3v) is 4.89. The highest BCUT2D eigenvalue weighted by Gasteiger charge is 2.29. The number of fused-ring (bicyclic) bond motifs is 1. The molecule has 1 unspecified atom stereocenters. The number of nitrogens with two attached hydrogens (primary N) is 1. The van der Waals surface area contributed by atoms with Gasteiger partial charge in [-0.25, -0.2) is 13.8 Å². The van der Waals surface area contributed by atoms with E-state index in [1.165, 1.54) is 12.1 Å². The number of benzene rings is 1. The van der Waals surface area contributed by atoms with Gasteiger partial charge in [0, 0.05) is 31.4 Å². The molecule has 0 bridgehead atoms. The third-order valence-electron chi connectivity index (χ3n) is 4.89. The minimum atomic E-state index is -1.02. The van der Waals surface area contributed by atoms with Gasteiger partial charge >= 0.3 is 0 Å². The first kappa shape index (κ1) is 17.7. The van der Waals surface area contributed by atoms with Crippen molar-refractivity contribution in [2.75, 3.05) is 25.1 Å². The smallest absolute Gasteiger partial charge is 0.206 e. The van der Waals surface area contributed by atoms with Crippen molar-refractivity contribution in [3.05, 3.63) is 48.0 Å². The average Bonchev–Trinajstić information content (AvgIpc) is 3.01. The molecule has 3 aromatic rings. The van der Waals surface area contributed by atoms with Gasteiger partial charge in [-0.1, -0.05) is 0 Å². The highest BCUT2D eigenvalue weighted by Crippen LogP contribution is 2.27. The van der Waals surface area contributed by atoms with E-state index in [2.05, 4.69) is 9.97 Å². The van der Waals surface area contributed by atoms with Crippen LogP contribution in [0.1, 0.15) is 12.1 Å². The second-order valence-corrected chi connectivity index (χ2v) is 6.73. The Morgan fingerprint density at radius 1 is 1.30 bits per heavy atom. The number of nitrogens with zero attached hydrogens (tertiary/aromatic N) is 4. The molecule has 0 aliphatic carbocycles. The van der Waals surface area contributed by atoms with Crippen LogP contribution in [0.4, 0.5) is 14.7 Å². The second-order valence-electron chi connectivity index (χ2n) is 6.73. The first-order valence-electron chi connectivity index (χ1n) is 8.84. The summed E-state index contributed by atoms with van der Waals surface area (Å²) >= 11 is 0. The number of pyridine rings is 1. The van der Waals surface area contributed by atoms with Crippen LogP contribution in [0.5, 0.6) is 5.75 Å². The van der Waals surface area contributed by atoms with Crippen LogP contribution in [0, 0.1) is 5.82 Å². The van der Waals surface area contributed by atoms with Gasteiger partial charge in [-0.2, -0.15) is 0 Å². The van der Waals surface area contributed by atoms with E-state index in [1.807, 2.05) is 15.5 Å². The topological polar surface area (TPSA) is 69.2 Å². The van der Waals surface area contributed by atoms with Crippen molar-refractivity contribution >= 4 is 17.0 Å². The molecule has 0 radical (unpaired) electrons. The summed E-state index contributed by atoms with van der Waals surface area (Å²) in [6.45, 7) is 1.30. The number of hydrogen-bond donors (Lipinski definition) is 1. The lowest BCUT2D eigenvalue weighted by molar-refractivity contribution is 0.243. The Bertz CT molecular complexity index is 960. The van der Waals surface area contributed by atoms with Gasteiger partial charge < -0.3 is 19.9 Å². The maximum absolute atomic E-state index is 13.8. The fraction of sp³-hybridized carbons (Fsp3) is 0.368. The van der Waals surface area contributed by atoms with Crippen molar-refractivity contribution in [1.29, 1.82) is 0 Å². The molecule has 8 heteroatoms. The van der Waals surface area contributed by atoms with Gasteiger partial charge in [0.2, 0.25) is 5.95 Å². The lowest BCUT2D eigenvalue weighted by Gasteiger charge is -2.34. The lowest BCUT2D eigenvalue weighted by atomic mass is 10.1. The number of imidazole rings is 1. The van der Waals surface area contributed by atoms with Crippen LogP contribution in [-0.4, -0.2) is 46.9 Å². The molecule has 1 saturated heterocycles. The number of anilines is 1. The number of alkyl halides is 1. The summed E-state index contributed by atoms with van der Waals surface area (Å²) in [6, 6.07) is 7.55. The van der Waals surface area contributed by atoms with E-state index in [0.717, 1.165) is 11.2 Å². The van der Waals surface area contributed by atoms with Crippen molar-refractivity contribution in [3.8, 4) is 5.75 Å². The molecule has 0 saturated carbocycles. The minimum absolute atomic E-state index is 0.343. The van der Waals surface area contributed by atoms with Crippen LogP contribution in [0.25, 0.3) is 11.0 Å². The third kappa shape index (κ3) is 3.44. The molecule has 142 valence electrons. The number of halogens is 2. The Labute approximate surface area is 155 Å². The summed E-state index contributed by atoms with van der Waals surface area (Å²) < 4.78 is 34.7. The number of aromatic nitrogens is 3. The molecule has 0 amide bonds. The molecule has 3 heterocycles. The van der Waals surface area contributed by atoms with Crippen molar-refractivity contribution in [2.45, 2.75) is 25.2 Å². The maximum Gasteiger partial charge on any atom is 0.206 e. The zero-order valence-electron chi connectivity index (χ0n) is 15.0. The van der Waals surface area contributed by atoms with Crippen molar-refractivity contribution < 1.29 is 13.5 Å². The Balaban J connectivity index is 1.77. The van der Waals surface area contributed by atoms with E-state index in [4.69, 9.17) is 10.5 Å². The average molecular weight is 373 g/mol. The molecule has 27 heavy (non-hydrogen) atoms. The Morgan fingerprint density at radius 2 is 2.15 bits per heavy atom. The second kappa shape index (κ2) is 7.11. The van der Waals surface area contributed by atoms with E-state index >= 15 is 0 Å². The maximum atomic E-state index is 13.8. The fourth-order valence-corrected chi connectivity index (χ4v) is 3.45. The predicted octanol–water partition coefficient (Wildman–Crippen LogP) is 2.50. The Hall–Kier alpha value is -2.74. The highest BCUT2D eigenvalue weighted by molar-refractivity contribution is 5.79. The molecule has 1 aliphatic rings. The SMILES string of the molecule is COc1ccnc(Cn2c(N3CCC(F)[C@H](N)C3)nc3cc(F)ccc32)c1. The fourth-order valence-electron chi connectivity index (χ4n) is 3.45. The van der Waals surface area contributed by atoms with E-state index in [1.54, 1.807) is 25.4 Å². The van der Waals surface area contributed by atoms with E-state index in [9.17, 15) is 8.78 Å². The normalized spacial score (nSPS) is 20.2. The standard InChI is InChI=1S/C19H21F2N5O/c1-27-14-4-6-23-13(9-14)10-26-18-3-2-12(20)8-17(18)24-19(26)25-7-5-15(21)16(22)11-25/h2-4,6,8-9,15-16H,5,7,10-11,22H2,1H3/t15?,16-/m1/s1. The zero-order chi connectivity index (χ0) is 19.0. The molecule has 0 spiro atoms. The van der Waals surface area contributed by atoms with Crippen molar-refractivity contribution in [1.82, 2.24) is 14.5 Å². The summed E-state index contributed by atoms with van der Waals surface area (Å²) in [4.78, 5) is 11.0.